The number of hydrogen-bond donors (Lipinski definition) is 1. The second-order valence-corrected chi connectivity index (χ2v) is 2.88. The van der Waals surface area contributed by atoms with Crippen molar-refractivity contribution in [3.63, 3.8) is 0 Å². The first kappa shape index (κ1) is 11.1. The van der Waals surface area contributed by atoms with Crippen LogP contribution in [0.5, 0.6) is 5.75 Å². The quantitative estimate of drug-likeness (QED) is 0.765. The number of hydrogen-bond acceptors (Lipinski definition) is 5. The van der Waals surface area contributed by atoms with Crippen LogP contribution in [0.25, 0.3) is 0 Å². The maximum Gasteiger partial charge on any atom is 0.161 e. The van der Waals surface area contributed by atoms with Crippen LogP contribution in [0.3, 0.4) is 0 Å². The topological polar surface area (TPSA) is 95.7 Å². The lowest BCUT2D eigenvalue weighted by Gasteiger charge is -2.09. The molecule has 0 saturated heterocycles. The minimum atomic E-state index is -0.0579. The Balaban J connectivity index is 3.54. The predicted octanol–water partition coefficient (Wildman–Crippen LogP) is 1.46. The summed E-state index contributed by atoms with van der Waals surface area (Å²) in [5, 5.41) is 17.6. The van der Waals surface area contributed by atoms with E-state index in [2.05, 4.69) is 4.98 Å². The summed E-state index contributed by atoms with van der Waals surface area (Å²) in [6.07, 6.45) is 0. The lowest BCUT2D eigenvalue weighted by atomic mass is 10.2. The van der Waals surface area contributed by atoms with Crippen LogP contribution in [0, 0.1) is 22.7 Å². The maximum atomic E-state index is 8.83. The fourth-order valence-corrected chi connectivity index (χ4v) is 1.27. The van der Waals surface area contributed by atoms with E-state index < -0.39 is 0 Å². The SMILES string of the molecule is CCOc1c(C#N)c(N)nc(Cl)c1C#N. The van der Waals surface area contributed by atoms with Crippen LogP contribution in [0.4, 0.5) is 5.82 Å². The van der Waals surface area contributed by atoms with Gasteiger partial charge in [-0.15, -0.1) is 0 Å². The van der Waals surface area contributed by atoms with E-state index in [-0.39, 0.29) is 27.8 Å². The molecule has 0 aliphatic carbocycles. The van der Waals surface area contributed by atoms with Gasteiger partial charge < -0.3 is 10.5 Å². The van der Waals surface area contributed by atoms with Crippen molar-refractivity contribution < 1.29 is 4.74 Å². The number of anilines is 1. The second-order valence-electron chi connectivity index (χ2n) is 2.52. The molecule has 0 atom stereocenters. The molecule has 5 nitrogen and oxygen atoms in total. The number of nitrogens with two attached hydrogens (primary N) is 1. The minimum Gasteiger partial charge on any atom is -0.491 e. The fourth-order valence-electron chi connectivity index (χ4n) is 1.05. The lowest BCUT2D eigenvalue weighted by molar-refractivity contribution is 0.338. The van der Waals surface area contributed by atoms with Crippen molar-refractivity contribution in [1.82, 2.24) is 4.98 Å². The van der Waals surface area contributed by atoms with Crippen LogP contribution in [0.2, 0.25) is 5.15 Å². The van der Waals surface area contributed by atoms with Crippen LogP contribution in [0.15, 0.2) is 0 Å². The molecule has 6 heteroatoms. The number of aromatic nitrogens is 1. The molecule has 15 heavy (non-hydrogen) atoms. The molecule has 76 valence electrons. The van der Waals surface area contributed by atoms with E-state index in [1.54, 1.807) is 6.92 Å². The first-order valence-corrected chi connectivity index (χ1v) is 4.45. The molecule has 1 aromatic heterocycles. The molecule has 0 spiro atoms. The molecule has 0 amide bonds. The molecule has 1 heterocycles. The third kappa shape index (κ3) is 1.93. The summed E-state index contributed by atoms with van der Waals surface area (Å²) >= 11 is 5.70. The largest absolute Gasteiger partial charge is 0.491 e. The third-order valence-electron chi connectivity index (χ3n) is 1.65. The highest BCUT2D eigenvalue weighted by Crippen LogP contribution is 2.31. The summed E-state index contributed by atoms with van der Waals surface area (Å²) in [6, 6.07) is 3.65. The van der Waals surface area contributed by atoms with Gasteiger partial charge >= 0.3 is 0 Å². The van der Waals surface area contributed by atoms with Gasteiger partial charge in [0, 0.05) is 0 Å². The molecule has 1 aromatic rings. The van der Waals surface area contributed by atoms with Crippen molar-refractivity contribution in [1.29, 1.82) is 10.5 Å². The van der Waals surface area contributed by atoms with Gasteiger partial charge in [0.15, 0.2) is 10.9 Å². The molecule has 0 saturated carbocycles. The van der Waals surface area contributed by atoms with Crippen LogP contribution >= 0.6 is 11.6 Å². The Morgan fingerprint density at radius 1 is 1.40 bits per heavy atom. The Labute approximate surface area is 91.7 Å². The molecule has 0 unspecified atom stereocenters. The summed E-state index contributed by atoms with van der Waals surface area (Å²) < 4.78 is 5.16. The molecule has 0 aliphatic rings. The van der Waals surface area contributed by atoms with Crippen molar-refractivity contribution in [2.45, 2.75) is 6.92 Å². The molecule has 1 rings (SSSR count). The number of pyridine rings is 1. The Morgan fingerprint density at radius 2 is 2.00 bits per heavy atom. The van der Waals surface area contributed by atoms with Crippen LogP contribution in [-0.2, 0) is 0 Å². The summed E-state index contributed by atoms with van der Waals surface area (Å²) in [5.41, 5.74) is 5.55. The van der Waals surface area contributed by atoms with Crippen molar-refractivity contribution in [2.75, 3.05) is 12.3 Å². The van der Waals surface area contributed by atoms with Crippen LogP contribution in [-0.4, -0.2) is 11.6 Å². The fraction of sp³-hybridized carbons (Fsp3) is 0.222. The molecule has 0 radical (unpaired) electrons. The molecule has 0 aliphatic heterocycles. The van der Waals surface area contributed by atoms with Gasteiger partial charge in [0.05, 0.1) is 6.61 Å². The van der Waals surface area contributed by atoms with Gasteiger partial charge in [0.2, 0.25) is 0 Å². The standard InChI is InChI=1S/C9H7ClN4O/c1-2-15-7-5(3-11)8(10)14-9(13)6(7)4-12/h2H2,1H3,(H2,13,14). The molecular formula is C9H7ClN4O. The zero-order chi connectivity index (χ0) is 11.4. The Morgan fingerprint density at radius 3 is 2.47 bits per heavy atom. The van der Waals surface area contributed by atoms with E-state index in [4.69, 9.17) is 32.6 Å². The van der Waals surface area contributed by atoms with Crippen molar-refractivity contribution in [2.24, 2.45) is 0 Å². The third-order valence-corrected chi connectivity index (χ3v) is 1.92. The first-order valence-electron chi connectivity index (χ1n) is 4.07. The number of ether oxygens (including phenoxy) is 1. The van der Waals surface area contributed by atoms with E-state index in [0.29, 0.717) is 6.61 Å². The van der Waals surface area contributed by atoms with E-state index in [9.17, 15) is 0 Å². The van der Waals surface area contributed by atoms with Gasteiger partial charge in [-0.2, -0.15) is 10.5 Å². The Kier molecular flexibility index (Phi) is 3.33. The highest BCUT2D eigenvalue weighted by atomic mass is 35.5. The van der Waals surface area contributed by atoms with Gasteiger partial charge in [0.25, 0.3) is 0 Å². The van der Waals surface area contributed by atoms with E-state index in [0.717, 1.165) is 0 Å². The van der Waals surface area contributed by atoms with Gasteiger partial charge in [-0.25, -0.2) is 4.98 Å². The predicted molar refractivity (Wildman–Crippen MR) is 54.3 cm³/mol. The highest BCUT2D eigenvalue weighted by molar-refractivity contribution is 6.31. The number of rotatable bonds is 2. The van der Waals surface area contributed by atoms with E-state index in [1.807, 2.05) is 12.1 Å². The van der Waals surface area contributed by atoms with Gasteiger partial charge in [-0.1, -0.05) is 11.6 Å². The monoisotopic (exact) mass is 222 g/mol. The number of nitrogen functional groups attached to an aromatic ring is 1. The van der Waals surface area contributed by atoms with Crippen LogP contribution in [0.1, 0.15) is 18.1 Å². The van der Waals surface area contributed by atoms with Crippen molar-refractivity contribution in [3.8, 4) is 17.9 Å². The first-order chi connectivity index (χ1) is 7.15. The van der Waals surface area contributed by atoms with E-state index in [1.165, 1.54) is 0 Å². The molecule has 0 fully saturated rings. The number of halogens is 1. The van der Waals surface area contributed by atoms with Gasteiger partial charge in [0.1, 0.15) is 29.1 Å². The van der Waals surface area contributed by atoms with Crippen molar-refractivity contribution >= 4 is 17.4 Å². The summed E-state index contributed by atoms with van der Waals surface area (Å²) in [6.45, 7) is 2.04. The highest BCUT2D eigenvalue weighted by Gasteiger charge is 2.18. The van der Waals surface area contributed by atoms with Gasteiger partial charge in [-0.05, 0) is 6.92 Å². The number of nitrogens with zero attached hydrogens (tertiary/aromatic N) is 3. The lowest BCUT2D eigenvalue weighted by Crippen LogP contribution is -2.04. The summed E-state index contributed by atoms with van der Waals surface area (Å²) in [5.74, 6) is 0.0601. The normalized spacial score (nSPS) is 9.07. The van der Waals surface area contributed by atoms with Gasteiger partial charge in [-0.3, -0.25) is 0 Å². The Hall–Kier alpha value is -1.98. The number of nitriles is 2. The van der Waals surface area contributed by atoms with E-state index >= 15 is 0 Å². The molecule has 2 N–H and O–H groups in total. The zero-order valence-corrected chi connectivity index (χ0v) is 8.67. The molecule has 0 bridgehead atoms. The second kappa shape index (κ2) is 4.50. The minimum absolute atomic E-state index is 0.0317. The zero-order valence-electron chi connectivity index (χ0n) is 7.91. The van der Waals surface area contributed by atoms with Crippen LogP contribution < -0.4 is 10.5 Å². The van der Waals surface area contributed by atoms with Crippen molar-refractivity contribution in [3.05, 3.63) is 16.3 Å². The summed E-state index contributed by atoms with van der Waals surface area (Å²) in [7, 11) is 0. The molecule has 0 aromatic carbocycles. The molecular weight excluding hydrogens is 216 g/mol. The smallest absolute Gasteiger partial charge is 0.161 e. The summed E-state index contributed by atoms with van der Waals surface area (Å²) in [4.78, 5) is 3.68. The Bertz CT molecular complexity index is 434. The average Bonchev–Trinajstić information content (AvgIpc) is 2.18. The average molecular weight is 223 g/mol. The maximum absolute atomic E-state index is 8.83.